The van der Waals surface area contributed by atoms with Crippen molar-refractivity contribution in [2.75, 3.05) is 5.75 Å². The lowest BCUT2D eigenvalue weighted by atomic mass is 10.2. The summed E-state index contributed by atoms with van der Waals surface area (Å²) in [7, 11) is 0. The molecule has 8 heteroatoms. The number of halogens is 1. The van der Waals surface area contributed by atoms with Crippen molar-refractivity contribution in [2.24, 2.45) is 0 Å². The molecule has 0 aliphatic carbocycles. The summed E-state index contributed by atoms with van der Waals surface area (Å²) in [5.74, 6) is 0.374. The Labute approximate surface area is 143 Å². The standard InChI is InChI=1S/C14H11BrN4OS2/c1-9-3-2-4-10(7-9)19-14(16-17-18-19)21-8-11(20)12-5-6-13(15)22-12/h2-7H,8H2,1H3. The van der Waals surface area contributed by atoms with Crippen molar-refractivity contribution in [3.05, 3.63) is 50.6 Å². The van der Waals surface area contributed by atoms with Gasteiger partial charge in [-0.25, -0.2) is 0 Å². The summed E-state index contributed by atoms with van der Waals surface area (Å²) in [6, 6.07) is 11.6. The van der Waals surface area contributed by atoms with Gasteiger partial charge in [-0.3, -0.25) is 4.79 Å². The second kappa shape index (κ2) is 6.72. The third-order valence-electron chi connectivity index (χ3n) is 2.87. The molecule has 3 aromatic rings. The molecule has 0 aliphatic heterocycles. The van der Waals surface area contributed by atoms with Crippen LogP contribution in [0.3, 0.4) is 0 Å². The topological polar surface area (TPSA) is 60.7 Å². The predicted octanol–water partition coefficient (Wildman–Crippen LogP) is 3.77. The van der Waals surface area contributed by atoms with Crippen LogP contribution in [-0.4, -0.2) is 31.7 Å². The van der Waals surface area contributed by atoms with Crippen LogP contribution in [0.5, 0.6) is 0 Å². The van der Waals surface area contributed by atoms with E-state index in [1.165, 1.54) is 23.1 Å². The van der Waals surface area contributed by atoms with Gasteiger partial charge in [0.1, 0.15) is 0 Å². The van der Waals surface area contributed by atoms with E-state index in [2.05, 4.69) is 31.5 Å². The second-order valence-corrected chi connectivity index (χ2v) is 7.93. The van der Waals surface area contributed by atoms with Gasteiger partial charge in [0, 0.05) is 0 Å². The maximum Gasteiger partial charge on any atom is 0.214 e. The van der Waals surface area contributed by atoms with Crippen molar-refractivity contribution in [2.45, 2.75) is 12.1 Å². The summed E-state index contributed by atoms with van der Waals surface area (Å²) >= 11 is 6.13. The first-order chi connectivity index (χ1) is 10.6. The Kier molecular flexibility index (Phi) is 4.70. The smallest absolute Gasteiger partial charge is 0.214 e. The molecule has 0 saturated carbocycles. The fraction of sp³-hybridized carbons (Fsp3) is 0.143. The fourth-order valence-electron chi connectivity index (χ4n) is 1.86. The van der Waals surface area contributed by atoms with Crippen molar-refractivity contribution >= 4 is 44.8 Å². The van der Waals surface area contributed by atoms with Crippen LogP contribution < -0.4 is 0 Å². The van der Waals surface area contributed by atoms with E-state index in [9.17, 15) is 4.79 Å². The third-order valence-corrected chi connectivity index (χ3v) is 5.45. The first-order valence-corrected chi connectivity index (χ1v) is 9.00. The minimum absolute atomic E-state index is 0.0690. The van der Waals surface area contributed by atoms with Gasteiger partial charge in [0.15, 0.2) is 5.78 Å². The number of carbonyl (C=O) groups excluding carboxylic acids is 1. The summed E-state index contributed by atoms with van der Waals surface area (Å²) in [5, 5.41) is 12.3. The molecule has 0 spiro atoms. The Morgan fingerprint density at radius 3 is 2.95 bits per heavy atom. The van der Waals surface area contributed by atoms with E-state index in [1.807, 2.05) is 43.3 Å². The molecule has 0 fully saturated rings. The van der Waals surface area contributed by atoms with Crippen LogP contribution in [-0.2, 0) is 0 Å². The Bertz CT molecular complexity index is 815. The number of carbonyl (C=O) groups is 1. The first kappa shape index (κ1) is 15.4. The highest BCUT2D eigenvalue weighted by Crippen LogP contribution is 2.25. The fourth-order valence-corrected chi connectivity index (χ4v) is 4.05. The summed E-state index contributed by atoms with van der Waals surface area (Å²) in [5.41, 5.74) is 2.02. The van der Waals surface area contributed by atoms with Gasteiger partial charge in [0.05, 0.1) is 20.1 Å². The maximum absolute atomic E-state index is 12.1. The van der Waals surface area contributed by atoms with E-state index in [0.717, 1.165) is 19.9 Å². The molecule has 0 aliphatic rings. The van der Waals surface area contributed by atoms with E-state index in [0.29, 0.717) is 10.9 Å². The number of tetrazole rings is 1. The molecule has 2 heterocycles. The summed E-state index contributed by atoms with van der Waals surface area (Å²) in [6.45, 7) is 2.01. The van der Waals surface area contributed by atoms with E-state index in [4.69, 9.17) is 0 Å². The van der Waals surface area contributed by atoms with Crippen LogP contribution in [0.25, 0.3) is 5.69 Å². The zero-order chi connectivity index (χ0) is 15.5. The van der Waals surface area contributed by atoms with E-state index < -0.39 is 0 Å². The second-order valence-electron chi connectivity index (χ2n) is 4.53. The van der Waals surface area contributed by atoms with Crippen LogP contribution >= 0.6 is 39.0 Å². The average Bonchev–Trinajstić information content (AvgIpc) is 3.13. The number of thiophene rings is 1. The number of Topliss-reactive ketones (excluding diaryl/α,β-unsaturated/α-hetero) is 1. The Morgan fingerprint density at radius 1 is 1.36 bits per heavy atom. The van der Waals surface area contributed by atoms with Gasteiger partial charge in [-0.05, 0) is 63.1 Å². The molecule has 0 radical (unpaired) electrons. The van der Waals surface area contributed by atoms with Gasteiger partial charge in [0.25, 0.3) is 0 Å². The largest absolute Gasteiger partial charge is 0.292 e. The molecule has 3 rings (SSSR count). The predicted molar refractivity (Wildman–Crippen MR) is 91.0 cm³/mol. The number of rotatable bonds is 5. The van der Waals surface area contributed by atoms with Crippen molar-refractivity contribution < 1.29 is 4.79 Å². The molecular formula is C14H11BrN4OS2. The first-order valence-electron chi connectivity index (χ1n) is 6.40. The van der Waals surface area contributed by atoms with Crippen molar-refractivity contribution in [3.63, 3.8) is 0 Å². The lowest BCUT2D eigenvalue weighted by Gasteiger charge is -2.04. The van der Waals surface area contributed by atoms with Crippen molar-refractivity contribution in [1.29, 1.82) is 0 Å². The van der Waals surface area contributed by atoms with E-state index in [-0.39, 0.29) is 5.78 Å². The number of aryl methyl sites for hydroxylation is 1. The van der Waals surface area contributed by atoms with Crippen LogP contribution in [0, 0.1) is 6.92 Å². The molecule has 5 nitrogen and oxygen atoms in total. The highest BCUT2D eigenvalue weighted by atomic mass is 79.9. The molecule has 0 bridgehead atoms. The van der Waals surface area contributed by atoms with Crippen LogP contribution in [0.4, 0.5) is 0 Å². The van der Waals surface area contributed by atoms with Gasteiger partial charge in [-0.2, -0.15) is 4.68 Å². The normalized spacial score (nSPS) is 10.8. The monoisotopic (exact) mass is 394 g/mol. The van der Waals surface area contributed by atoms with Gasteiger partial charge in [-0.15, -0.1) is 16.4 Å². The molecule has 0 amide bonds. The molecular weight excluding hydrogens is 384 g/mol. The number of aromatic nitrogens is 4. The zero-order valence-electron chi connectivity index (χ0n) is 11.6. The molecule has 0 saturated heterocycles. The molecule has 1 aromatic carbocycles. The maximum atomic E-state index is 12.1. The minimum Gasteiger partial charge on any atom is -0.292 e. The molecule has 0 N–H and O–H groups in total. The molecule has 0 atom stereocenters. The molecule has 112 valence electrons. The van der Waals surface area contributed by atoms with Gasteiger partial charge in [-0.1, -0.05) is 23.9 Å². The van der Waals surface area contributed by atoms with Gasteiger partial charge < -0.3 is 0 Å². The Morgan fingerprint density at radius 2 is 2.23 bits per heavy atom. The lowest BCUT2D eigenvalue weighted by Crippen LogP contribution is -2.03. The van der Waals surface area contributed by atoms with Gasteiger partial charge in [0.2, 0.25) is 5.16 Å². The van der Waals surface area contributed by atoms with Crippen molar-refractivity contribution in [3.8, 4) is 5.69 Å². The van der Waals surface area contributed by atoms with E-state index in [1.54, 1.807) is 4.68 Å². The summed E-state index contributed by atoms with van der Waals surface area (Å²) in [4.78, 5) is 12.9. The highest BCUT2D eigenvalue weighted by Gasteiger charge is 2.14. The molecule has 2 aromatic heterocycles. The Hall–Kier alpha value is -1.51. The zero-order valence-corrected chi connectivity index (χ0v) is 14.8. The third kappa shape index (κ3) is 3.45. The van der Waals surface area contributed by atoms with Crippen LogP contribution in [0.2, 0.25) is 0 Å². The number of hydrogen-bond donors (Lipinski definition) is 0. The minimum atomic E-state index is 0.0690. The average molecular weight is 395 g/mol. The Balaban J connectivity index is 1.74. The molecule has 0 unspecified atom stereocenters. The summed E-state index contributed by atoms with van der Waals surface area (Å²) in [6.07, 6.45) is 0. The number of nitrogens with zero attached hydrogens (tertiary/aromatic N) is 4. The van der Waals surface area contributed by atoms with Gasteiger partial charge >= 0.3 is 0 Å². The number of hydrogen-bond acceptors (Lipinski definition) is 6. The summed E-state index contributed by atoms with van der Waals surface area (Å²) < 4.78 is 2.60. The van der Waals surface area contributed by atoms with E-state index >= 15 is 0 Å². The quantitative estimate of drug-likeness (QED) is 0.486. The number of ketones is 1. The lowest BCUT2D eigenvalue weighted by molar-refractivity contribution is 0.102. The highest BCUT2D eigenvalue weighted by molar-refractivity contribution is 9.11. The van der Waals surface area contributed by atoms with Crippen LogP contribution in [0.15, 0.2) is 45.3 Å². The number of benzene rings is 1. The number of thioether (sulfide) groups is 1. The SMILES string of the molecule is Cc1cccc(-n2nnnc2SCC(=O)c2ccc(Br)s2)c1. The van der Waals surface area contributed by atoms with Crippen LogP contribution in [0.1, 0.15) is 15.2 Å². The van der Waals surface area contributed by atoms with Crippen molar-refractivity contribution in [1.82, 2.24) is 20.2 Å². The molecule has 22 heavy (non-hydrogen) atoms.